The van der Waals surface area contributed by atoms with Crippen LogP contribution < -0.4 is 4.74 Å². The topological polar surface area (TPSA) is 50.6 Å². The minimum atomic E-state index is -0.752. The molecule has 3 aromatic rings. The van der Waals surface area contributed by atoms with Crippen LogP contribution in [0, 0.1) is 18.6 Å². The summed E-state index contributed by atoms with van der Waals surface area (Å²) in [6.45, 7) is 8.78. The number of rotatable bonds is 7. The van der Waals surface area contributed by atoms with Crippen molar-refractivity contribution in [2.24, 2.45) is 0 Å². The number of benzene rings is 2. The van der Waals surface area contributed by atoms with E-state index in [1.807, 2.05) is 22.6 Å². The van der Waals surface area contributed by atoms with Crippen molar-refractivity contribution in [3.8, 4) is 5.75 Å². The number of nitrogens with zero attached hydrogens (tertiary/aromatic N) is 4. The molecule has 1 aromatic heterocycles. The number of aryl methyl sites for hydroxylation is 2. The fourth-order valence-electron chi connectivity index (χ4n) is 3.96. The molecule has 1 amide bonds. The van der Waals surface area contributed by atoms with Crippen LogP contribution in [0.3, 0.4) is 0 Å². The van der Waals surface area contributed by atoms with Crippen LogP contribution >= 0.6 is 0 Å². The summed E-state index contributed by atoms with van der Waals surface area (Å²) in [5, 5.41) is 4.51. The molecular weight excluding hydrogens is 426 g/mol. The quantitative estimate of drug-likeness (QED) is 0.541. The summed E-state index contributed by atoms with van der Waals surface area (Å²) in [7, 11) is 0. The highest BCUT2D eigenvalue weighted by Gasteiger charge is 2.23. The number of hydrogen-bond acceptors (Lipinski definition) is 4. The van der Waals surface area contributed by atoms with E-state index in [-0.39, 0.29) is 18.3 Å². The molecule has 0 bridgehead atoms. The third-order valence-electron chi connectivity index (χ3n) is 5.89. The Morgan fingerprint density at radius 1 is 1.09 bits per heavy atom. The lowest BCUT2D eigenvalue weighted by Crippen LogP contribution is -2.48. The zero-order chi connectivity index (χ0) is 23.4. The second kappa shape index (κ2) is 10.1. The van der Waals surface area contributed by atoms with E-state index < -0.39 is 11.6 Å². The predicted molar refractivity (Wildman–Crippen MR) is 121 cm³/mol. The molecular formula is C25H28F2N4O2. The van der Waals surface area contributed by atoms with E-state index in [0.717, 1.165) is 49.6 Å². The first-order valence-electron chi connectivity index (χ1n) is 11.1. The Morgan fingerprint density at radius 3 is 2.58 bits per heavy atom. The number of carbonyl (C=O) groups is 1. The van der Waals surface area contributed by atoms with Gasteiger partial charge in [-0.3, -0.25) is 14.4 Å². The van der Waals surface area contributed by atoms with Crippen LogP contribution in [0.2, 0.25) is 0 Å². The van der Waals surface area contributed by atoms with E-state index in [1.165, 1.54) is 11.6 Å². The summed E-state index contributed by atoms with van der Waals surface area (Å²) < 4.78 is 34.2. The molecule has 1 aliphatic heterocycles. The lowest BCUT2D eigenvalue weighted by Gasteiger charge is -2.34. The summed E-state index contributed by atoms with van der Waals surface area (Å²) in [6.07, 6.45) is 2.10. The summed E-state index contributed by atoms with van der Waals surface area (Å²) in [4.78, 5) is 17.2. The zero-order valence-corrected chi connectivity index (χ0v) is 18.9. The first-order chi connectivity index (χ1) is 15.9. The van der Waals surface area contributed by atoms with Crippen LogP contribution in [0.5, 0.6) is 5.75 Å². The third kappa shape index (κ3) is 5.57. The summed E-state index contributed by atoms with van der Waals surface area (Å²) in [5.74, 6) is -1.46. The van der Waals surface area contributed by atoms with Gasteiger partial charge in [0.2, 0.25) is 0 Å². The van der Waals surface area contributed by atoms with E-state index in [4.69, 9.17) is 4.74 Å². The van der Waals surface area contributed by atoms with E-state index in [0.29, 0.717) is 18.7 Å². The number of ether oxygens (including phenoxy) is 1. The first-order valence-corrected chi connectivity index (χ1v) is 11.1. The van der Waals surface area contributed by atoms with Gasteiger partial charge in [-0.15, -0.1) is 0 Å². The third-order valence-corrected chi connectivity index (χ3v) is 5.89. The Morgan fingerprint density at radius 2 is 1.88 bits per heavy atom. The van der Waals surface area contributed by atoms with Crippen molar-refractivity contribution < 1.29 is 18.3 Å². The van der Waals surface area contributed by atoms with Crippen molar-refractivity contribution in [1.82, 2.24) is 19.6 Å². The molecule has 2 heterocycles. The second-order valence-electron chi connectivity index (χ2n) is 8.23. The fraction of sp³-hybridized carbons (Fsp3) is 0.360. The van der Waals surface area contributed by atoms with E-state index in [2.05, 4.69) is 23.1 Å². The molecule has 0 radical (unpaired) electrons. The molecule has 4 rings (SSSR count). The zero-order valence-electron chi connectivity index (χ0n) is 18.9. The van der Waals surface area contributed by atoms with Crippen LogP contribution in [0.25, 0.3) is 0 Å². The van der Waals surface area contributed by atoms with E-state index in [1.54, 1.807) is 18.2 Å². The Bertz CT molecular complexity index is 1120. The van der Waals surface area contributed by atoms with Gasteiger partial charge in [-0.1, -0.05) is 12.1 Å². The minimum Gasteiger partial charge on any atom is -0.486 e. The number of aromatic nitrogens is 2. The molecule has 2 aromatic carbocycles. The molecule has 8 heteroatoms. The van der Waals surface area contributed by atoms with E-state index >= 15 is 0 Å². The van der Waals surface area contributed by atoms with Gasteiger partial charge in [-0.25, -0.2) is 8.78 Å². The SMILES string of the molecule is CCn1cc(CN2CCN(C(=O)c3cccc(COc4ccc(F)cc4F)c3)CC2)c(C)n1. The molecule has 0 N–H and O–H groups in total. The molecule has 0 aliphatic carbocycles. The molecule has 33 heavy (non-hydrogen) atoms. The number of piperazine rings is 1. The van der Waals surface area contributed by atoms with Crippen molar-refractivity contribution >= 4 is 5.91 Å². The lowest BCUT2D eigenvalue weighted by atomic mass is 10.1. The molecule has 1 fully saturated rings. The number of hydrogen-bond donors (Lipinski definition) is 0. The van der Waals surface area contributed by atoms with Crippen LogP contribution in [0.15, 0.2) is 48.7 Å². The van der Waals surface area contributed by atoms with Gasteiger partial charge in [0.15, 0.2) is 11.6 Å². The fourth-order valence-corrected chi connectivity index (χ4v) is 3.96. The van der Waals surface area contributed by atoms with Crippen LogP contribution in [-0.2, 0) is 19.7 Å². The Balaban J connectivity index is 1.32. The van der Waals surface area contributed by atoms with Crippen LogP contribution in [0.4, 0.5) is 8.78 Å². The van der Waals surface area contributed by atoms with Gasteiger partial charge in [-0.2, -0.15) is 5.10 Å². The number of halogens is 2. The van der Waals surface area contributed by atoms with Gasteiger partial charge < -0.3 is 9.64 Å². The maximum absolute atomic E-state index is 13.8. The largest absolute Gasteiger partial charge is 0.486 e. The van der Waals surface area contributed by atoms with Gasteiger partial charge in [0.05, 0.1) is 5.69 Å². The van der Waals surface area contributed by atoms with Crippen molar-refractivity contribution in [1.29, 1.82) is 0 Å². The molecule has 0 atom stereocenters. The average molecular weight is 455 g/mol. The lowest BCUT2D eigenvalue weighted by molar-refractivity contribution is 0.0628. The van der Waals surface area contributed by atoms with Crippen molar-refractivity contribution in [2.45, 2.75) is 33.5 Å². The van der Waals surface area contributed by atoms with Gasteiger partial charge >= 0.3 is 0 Å². The van der Waals surface area contributed by atoms with Crippen LogP contribution in [-0.4, -0.2) is 51.7 Å². The first kappa shape index (κ1) is 22.9. The molecule has 0 spiro atoms. The molecule has 174 valence electrons. The van der Waals surface area contributed by atoms with Crippen molar-refractivity contribution in [3.05, 3.63) is 82.7 Å². The van der Waals surface area contributed by atoms with Crippen molar-refractivity contribution in [2.75, 3.05) is 26.2 Å². The highest BCUT2D eigenvalue weighted by Crippen LogP contribution is 2.20. The maximum atomic E-state index is 13.8. The minimum absolute atomic E-state index is 0.0241. The summed E-state index contributed by atoms with van der Waals surface area (Å²) >= 11 is 0. The number of carbonyl (C=O) groups excluding carboxylic acids is 1. The van der Waals surface area contributed by atoms with E-state index in [9.17, 15) is 13.6 Å². The summed E-state index contributed by atoms with van der Waals surface area (Å²) in [5.41, 5.74) is 3.59. The highest BCUT2D eigenvalue weighted by atomic mass is 19.1. The Hall–Kier alpha value is -3.26. The Kier molecular flexibility index (Phi) is 7.03. The normalized spacial score (nSPS) is 14.5. The Labute approximate surface area is 192 Å². The van der Waals surface area contributed by atoms with Gasteiger partial charge in [0.1, 0.15) is 12.4 Å². The monoisotopic (exact) mass is 454 g/mol. The average Bonchev–Trinajstić information content (AvgIpc) is 3.18. The standard InChI is InChI=1S/C25H28F2N4O2/c1-3-31-16-21(18(2)28-31)15-29-9-11-30(12-10-29)25(32)20-6-4-5-19(13-20)17-33-24-8-7-22(26)14-23(24)27/h4-8,13-14,16H,3,9-12,15,17H2,1-2H3. The predicted octanol–water partition coefficient (Wildman–Crippen LogP) is 4.03. The maximum Gasteiger partial charge on any atom is 0.253 e. The summed E-state index contributed by atoms with van der Waals surface area (Å²) in [6, 6.07) is 10.3. The molecule has 0 unspecified atom stereocenters. The number of amides is 1. The van der Waals surface area contributed by atoms with Gasteiger partial charge in [0, 0.05) is 62.7 Å². The highest BCUT2D eigenvalue weighted by molar-refractivity contribution is 5.94. The van der Waals surface area contributed by atoms with Crippen molar-refractivity contribution in [3.63, 3.8) is 0 Å². The van der Waals surface area contributed by atoms with Gasteiger partial charge in [-0.05, 0) is 43.7 Å². The molecule has 0 saturated carbocycles. The molecule has 1 saturated heterocycles. The molecule has 6 nitrogen and oxygen atoms in total. The molecule has 1 aliphatic rings. The second-order valence-corrected chi connectivity index (χ2v) is 8.23. The van der Waals surface area contributed by atoms with Crippen LogP contribution in [0.1, 0.15) is 34.1 Å². The van der Waals surface area contributed by atoms with Gasteiger partial charge in [0.25, 0.3) is 5.91 Å². The smallest absolute Gasteiger partial charge is 0.253 e.